The molecule has 0 aliphatic heterocycles. The van der Waals surface area contributed by atoms with Gasteiger partial charge >= 0.3 is 12.0 Å². The molecule has 0 radical (unpaired) electrons. The number of carbonyl (C=O) groups is 2. The molecule has 0 saturated carbocycles. The van der Waals surface area contributed by atoms with Gasteiger partial charge in [-0.15, -0.1) is 0 Å². The van der Waals surface area contributed by atoms with E-state index < -0.39 is 23.4 Å². The molecular formula is C13H16BrFN2O3. The third-order valence-electron chi connectivity index (χ3n) is 2.59. The summed E-state index contributed by atoms with van der Waals surface area (Å²) in [4.78, 5) is 22.3. The van der Waals surface area contributed by atoms with Gasteiger partial charge in [0.2, 0.25) is 0 Å². The molecule has 5 nitrogen and oxygen atoms in total. The van der Waals surface area contributed by atoms with Crippen molar-refractivity contribution in [2.24, 2.45) is 0 Å². The molecule has 0 heterocycles. The van der Waals surface area contributed by atoms with Gasteiger partial charge < -0.3 is 15.7 Å². The van der Waals surface area contributed by atoms with Crippen molar-refractivity contribution in [2.75, 3.05) is 5.32 Å². The largest absolute Gasteiger partial charge is 0.481 e. The van der Waals surface area contributed by atoms with Crippen LogP contribution in [-0.2, 0) is 4.79 Å². The highest BCUT2D eigenvalue weighted by Gasteiger charge is 2.21. The van der Waals surface area contributed by atoms with Crippen LogP contribution >= 0.6 is 15.9 Å². The molecule has 0 fully saturated rings. The third-order valence-corrected chi connectivity index (χ3v) is 3.24. The van der Waals surface area contributed by atoms with Gasteiger partial charge in [-0.05, 0) is 54.4 Å². The number of aliphatic carboxylic acids is 1. The lowest BCUT2D eigenvalue weighted by Gasteiger charge is -2.25. The van der Waals surface area contributed by atoms with Crippen molar-refractivity contribution in [3.05, 3.63) is 28.5 Å². The first-order valence-electron chi connectivity index (χ1n) is 5.95. The molecule has 20 heavy (non-hydrogen) atoms. The van der Waals surface area contributed by atoms with Crippen molar-refractivity contribution in [2.45, 2.75) is 32.2 Å². The van der Waals surface area contributed by atoms with Crippen LogP contribution in [-0.4, -0.2) is 22.6 Å². The molecule has 1 aromatic carbocycles. The Morgan fingerprint density at radius 2 is 2.05 bits per heavy atom. The van der Waals surface area contributed by atoms with Crippen molar-refractivity contribution in [3.8, 4) is 0 Å². The SMILES string of the molecule is CC(C)(CCC(=O)O)NC(=O)Nc1ccc(Br)c(F)c1. The van der Waals surface area contributed by atoms with E-state index in [0.717, 1.165) is 0 Å². The minimum Gasteiger partial charge on any atom is -0.481 e. The average Bonchev–Trinajstić information content (AvgIpc) is 2.31. The summed E-state index contributed by atoms with van der Waals surface area (Å²) in [6, 6.07) is 3.72. The van der Waals surface area contributed by atoms with Crippen LogP contribution < -0.4 is 10.6 Å². The molecule has 0 saturated heterocycles. The standard InChI is InChI=1S/C13H16BrFN2O3/c1-13(2,6-5-11(18)19)17-12(20)16-8-3-4-9(14)10(15)7-8/h3-4,7H,5-6H2,1-2H3,(H,18,19)(H2,16,17,20). The molecule has 1 aromatic rings. The second-order valence-electron chi connectivity index (χ2n) is 4.99. The maximum atomic E-state index is 13.3. The van der Waals surface area contributed by atoms with E-state index in [-0.39, 0.29) is 6.42 Å². The number of benzene rings is 1. The van der Waals surface area contributed by atoms with Gasteiger partial charge in [0.05, 0.1) is 4.47 Å². The van der Waals surface area contributed by atoms with Crippen LogP contribution in [0.2, 0.25) is 0 Å². The summed E-state index contributed by atoms with van der Waals surface area (Å²) in [5.41, 5.74) is -0.353. The molecule has 3 N–H and O–H groups in total. The fourth-order valence-electron chi connectivity index (χ4n) is 1.53. The van der Waals surface area contributed by atoms with Gasteiger partial charge in [0.15, 0.2) is 0 Å². The number of carboxylic acids is 1. The number of rotatable bonds is 5. The minimum absolute atomic E-state index is 0.0415. The highest BCUT2D eigenvalue weighted by Crippen LogP contribution is 2.19. The summed E-state index contributed by atoms with van der Waals surface area (Å²) >= 11 is 3.02. The van der Waals surface area contributed by atoms with Gasteiger partial charge in [0, 0.05) is 17.6 Å². The Kier molecular flexibility index (Phi) is 5.50. The molecule has 0 aromatic heterocycles. The number of nitrogens with one attached hydrogen (secondary N) is 2. The monoisotopic (exact) mass is 346 g/mol. The zero-order chi connectivity index (χ0) is 15.3. The highest BCUT2D eigenvalue weighted by molar-refractivity contribution is 9.10. The summed E-state index contributed by atoms with van der Waals surface area (Å²) in [5, 5.41) is 13.8. The fraction of sp³-hybridized carbons (Fsp3) is 0.385. The number of amides is 2. The van der Waals surface area contributed by atoms with E-state index in [9.17, 15) is 14.0 Å². The first-order valence-corrected chi connectivity index (χ1v) is 6.75. The molecule has 2 amide bonds. The minimum atomic E-state index is -0.921. The summed E-state index contributed by atoms with van der Waals surface area (Å²) in [6.45, 7) is 3.44. The smallest absolute Gasteiger partial charge is 0.319 e. The number of hydrogen-bond donors (Lipinski definition) is 3. The number of urea groups is 1. The van der Waals surface area contributed by atoms with Crippen LogP contribution in [0.4, 0.5) is 14.9 Å². The van der Waals surface area contributed by atoms with E-state index >= 15 is 0 Å². The first-order chi connectivity index (χ1) is 9.19. The number of hydrogen-bond acceptors (Lipinski definition) is 2. The quantitative estimate of drug-likeness (QED) is 0.764. The van der Waals surface area contributed by atoms with Crippen molar-refractivity contribution in [1.82, 2.24) is 5.32 Å². The maximum Gasteiger partial charge on any atom is 0.319 e. The summed E-state index contributed by atoms with van der Waals surface area (Å²) in [7, 11) is 0. The van der Waals surface area contributed by atoms with Crippen molar-refractivity contribution in [1.29, 1.82) is 0 Å². The highest BCUT2D eigenvalue weighted by atomic mass is 79.9. The Hall–Kier alpha value is -1.63. The molecule has 0 aliphatic carbocycles. The Labute approximate surface area is 124 Å². The molecule has 0 aliphatic rings. The van der Waals surface area contributed by atoms with E-state index in [1.807, 2.05) is 0 Å². The predicted molar refractivity (Wildman–Crippen MR) is 77.2 cm³/mol. The predicted octanol–water partition coefficient (Wildman–Crippen LogP) is 3.35. The lowest BCUT2D eigenvalue weighted by molar-refractivity contribution is -0.137. The van der Waals surface area contributed by atoms with Crippen LogP contribution in [0.1, 0.15) is 26.7 Å². The summed E-state index contributed by atoms with van der Waals surface area (Å²) in [5.74, 6) is -1.40. The van der Waals surface area contributed by atoms with Crippen LogP contribution in [0, 0.1) is 5.82 Å². The third kappa shape index (κ3) is 5.56. The lowest BCUT2D eigenvalue weighted by Crippen LogP contribution is -2.45. The Morgan fingerprint density at radius 1 is 1.40 bits per heavy atom. The molecule has 0 unspecified atom stereocenters. The first kappa shape index (κ1) is 16.4. The normalized spacial score (nSPS) is 11.0. The summed E-state index contributed by atoms with van der Waals surface area (Å²) < 4.78 is 13.6. The number of carboxylic acid groups (broad SMARTS) is 1. The number of carbonyl (C=O) groups excluding carboxylic acids is 1. The van der Waals surface area contributed by atoms with E-state index in [4.69, 9.17) is 5.11 Å². The van der Waals surface area contributed by atoms with Crippen LogP contribution in [0.25, 0.3) is 0 Å². The lowest BCUT2D eigenvalue weighted by atomic mass is 9.99. The average molecular weight is 347 g/mol. The fourth-order valence-corrected chi connectivity index (χ4v) is 1.77. The van der Waals surface area contributed by atoms with E-state index in [0.29, 0.717) is 16.6 Å². The molecule has 7 heteroatoms. The van der Waals surface area contributed by atoms with Gasteiger partial charge in [0.1, 0.15) is 5.82 Å². The maximum absolute atomic E-state index is 13.3. The van der Waals surface area contributed by atoms with E-state index in [1.54, 1.807) is 19.9 Å². The second kappa shape index (κ2) is 6.69. The van der Waals surface area contributed by atoms with Crippen LogP contribution in [0.5, 0.6) is 0 Å². The van der Waals surface area contributed by atoms with Gasteiger partial charge in [0.25, 0.3) is 0 Å². The van der Waals surface area contributed by atoms with Crippen molar-refractivity contribution >= 4 is 33.6 Å². The van der Waals surface area contributed by atoms with Crippen LogP contribution in [0.3, 0.4) is 0 Å². The van der Waals surface area contributed by atoms with Gasteiger partial charge in [-0.3, -0.25) is 4.79 Å². The van der Waals surface area contributed by atoms with Crippen LogP contribution in [0.15, 0.2) is 22.7 Å². The van der Waals surface area contributed by atoms with Gasteiger partial charge in [-0.2, -0.15) is 0 Å². The molecule has 1 rings (SSSR count). The number of halogens is 2. The zero-order valence-electron chi connectivity index (χ0n) is 11.2. The Morgan fingerprint density at radius 3 is 2.60 bits per heavy atom. The van der Waals surface area contributed by atoms with Gasteiger partial charge in [-0.25, -0.2) is 9.18 Å². The van der Waals surface area contributed by atoms with Gasteiger partial charge in [-0.1, -0.05) is 0 Å². The molecule has 110 valence electrons. The topological polar surface area (TPSA) is 78.4 Å². The van der Waals surface area contributed by atoms with Crippen molar-refractivity contribution < 1.29 is 19.1 Å². The molecule has 0 bridgehead atoms. The molecule has 0 atom stereocenters. The Bertz CT molecular complexity index is 520. The Balaban J connectivity index is 2.58. The number of anilines is 1. The van der Waals surface area contributed by atoms with Crippen molar-refractivity contribution in [3.63, 3.8) is 0 Å². The molecular weight excluding hydrogens is 331 g/mol. The second-order valence-corrected chi connectivity index (χ2v) is 5.84. The van der Waals surface area contributed by atoms with E-state index in [2.05, 4.69) is 26.6 Å². The molecule has 0 spiro atoms. The summed E-state index contributed by atoms with van der Waals surface area (Å²) in [6.07, 6.45) is 0.255. The van der Waals surface area contributed by atoms with E-state index in [1.165, 1.54) is 12.1 Å². The zero-order valence-corrected chi connectivity index (χ0v) is 12.8.